The maximum absolute atomic E-state index is 12.5. The quantitative estimate of drug-likeness (QED) is 0.877. The third-order valence-corrected chi connectivity index (χ3v) is 3.65. The molecule has 20 heavy (non-hydrogen) atoms. The molecule has 2 N–H and O–H groups in total. The van der Waals surface area contributed by atoms with Gasteiger partial charge in [-0.3, -0.25) is 14.6 Å². The van der Waals surface area contributed by atoms with Gasteiger partial charge in [0.25, 0.3) is 5.91 Å². The molecule has 7 heteroatoms. The molecule has 1 unspecified atom stereocenters. The number of aryl methyl sites for hydroxylation is 2. The van der Waals surface area contributed by atoms with Crippen molar-refractivity contribution in [3.05, 3.63) is 29.1 Å². The van der Waals surface area contributed by atoms with E-state index in [0.29, 0.717) is 11.5 Å². The molecule has 0 saturated heterocycles. The Hall–Kier alpha value is -2.18. The van der Waals surface area contributed by atoms with E-state index in [1.54, 1.807) is 4.68 Å². The van der Waals surface area contributed by atoms with Gasteiger partial charge in [0.05, 0.1) is 17.3 Å². The van der Waals surface area contributed by atoms with Gasteiger partial charge < -0.3 is 5.32 Å². The molecule has 2 heterocycles. The van der Waals surface area contributed by atoms with E-state index in [2.05, 4.69) is 25.6 Å². The monoisotopic (exact) mass is 274 g/mol. The fourth-order valence-electron chi connectivity index (χ4n) is 2.42. The summed E-state index contributed by atoms with van der Waals surface area (Å²) in [5.74, 6) is 1.06. The minimum absolute atomic E-state index is 0.103. The van der Waals surface area contributed by atoms with Crippen molar-refractivity contribution in [3.8, 4) is 0 Å². The van der Waals surface area contributed by atoms with E-state index in [0.717, 1.165) is 30.1 Å². The number of aromatic nitrogens is 5. The van der Waals surface area contributed by atoms with E-state index in [9.17, 15) is 4.79 Å². The van der Waals surface area contributed by atoms with Crippen LogP contribution in [0.1, 0.15) is 59.3 Å². The summed E-state index contributed by atoms with van der Waals surface area (Å²) in [5.41, 5.74) is 2.39. The molecule has 2 aromatic rings. The molecular weight excluding hydrogens is 256 g/mol. The van der Waals surface area contributed by atoms with Crippen LogP contribution in [0.3, 0.4) is 0 Å². The lowest BCUT2D eigenvalue weighted by Gasteiger charge is -2.13. The molecule has 1 amide bonds. The van der Waals surface area contributed by atoms with Crippen molar-refractivity contribution in [1.29, 1.82) is 0 Å². The number of nitrogens with one attached hydrogen (secondary N) is 2. The number of carbonyl (C=O) groups excluding carboxylic acids is 1. The number of hydrogen-bond acceptors (Lipinski definition) is 4. The number of nitrogens with zero attached hydrogens (tertiary/aromatic N) is 4. The van der Waals surface area contributed by atoms with Crippen molar-refractivity contribution >= 4 is 5.91 Å². The van der Waals surface area contributed by atoms with E-state index in [4.69, 9.17) is 0 Å². The standard InChI is InChI=1S/C13H18N6O/c1-7-10(11(18-17-7)9-4-5-9)13(20)16-8(2)12-14-6-15-19(12)3/h6,8-9H,4-5H2,1-3H3,(H,16,20)(H,17,18). The summed E-state index contributed by atoms with van der Waals surface area (Å²) in [6.07, 6.45) is 3.71. The van der Waals surface area contributed by atoms with Crippen LogP contribution in [0.4, 0.5) is 0 Å². The largest absolute Gasteiger partial charge is 0.342 e. The molecule has 0 spiro atoms. The van der Waals surface area contributed by atoms with Gasteiger partial charge in [0.1, 0.15) is 12.2 Å². The second kappa shape index (κ2) is 4.73. The maximum Gasteiger partial charge on any atom is 0.255 e. The molecule has 2 aromatic heterocycles. The van der Waals surface area contributed by atoms with Crippen molar-refractivity contribution in [2.75, 3.05) is 0 Å². The van der Waals surface area contributed by atoms with Gasteiger partial charge in [0, 0.05) is 18.7 Å². The SMILES string of the molecule is Cc1[nH]nc(C2CC2)c1C(=O)NC(C)c1ncnn1C. The highest BCUT2D eigenvalue weighted by molar-refractivity contribution is 5.96. The first-order valence-electron chi connectivity index (χ1n) is 6.77. The predicted octanol–water partition coefficient (Wildman–Crippen LogP) is 1.22. The summed E-state index contributed by atoms with van der Waals surface area (Å²) in [5, 5.41) is 14.2. The van der Waals surface area contributed by atoms with Crippen LogP contribution >= 0.6 is 0 Å². The molecule has 1 saturated carbocycles. The molecule has 0 aromatic carbocycles. The number of rotatable bonds is 4. The van der Waals surface area contributed by atoms with Gasteiger partial charge in [-0.2, -0.15) is 10.2 Å². The summed E-state index contributed by atoms with van der Waals surface area (Å²) in [6.45, 7) is 3.77. The molecule has 1 aliphatic carbocycles. The predicted molar refractivity (Wildman–Crippen MR) is 72.2 cm³/mol. The Morgan fingerprint density at radius 3 is 2.90 bits per heavy atom. The van der Waals surface area contributed by atoms with Gasteiger partial charge in [0.2, 0.25) is 0 Å². The summed E-state index contributed by atoms with van der Waals surface area (Å²) < 4.78 is 1.66. The second-order valence-corrected chi connectivity index (χ2v) is 5.32. The number of amides is 1. The van der Waals surface area contributed by atoms with E-state index in [-0.39, 0.29) is 11.9 Å². The van der Waals surface area contributed by atoms with Crippen LogP contribution in [-0.2, 0) is 7.05 Å². The lowest BCUT2D eigenvalue weighted by molar-refractivity contribution is 0.0936. The smallest absolute Gasteiger partial charge is 0.255 e. The zero-order valence-corrected chi connectivity index (χ0v) is 11.8. The van der Waals surface area contributed by atoms with Crippen LogP contribution < -0.4 is 5.32 Å². The summed E-state index contributed by atoms with van der Waals surface area (Å²) in [6, 6.07) is -0.198. The molecule has 1 aliphatic rings. The highest BCUT2D eigenvalue weighted by Crippen LogP contribution is 2.41. The molecule has 106 valence electrons. The number of carbonyl (C=O) groups is 1. The second-order valence-electron chi connectivity index (χ2n) is 5.32. The van der Waals surface area contributed by atoms with E-state index < -0.39 is 0 Å². The number of H-pyrrole nitrogens is 1. The third kappa shape index (κ3) is 2.19. The number of aromatic amines is 1. The zero-order chi connectivity index (χ0) is 14.3. The molecule has 7 nitrogen and oxygen atoms in total. The fraction of sp³-hybridized carbons (Fsp3) is 0.538. The van der Waals surface area contributed by atoms with Crippen LogP contribution in [0.25, 0.3) is 0 Å². The zero-order valence-electron chi connectivity index (χ0n) is 11.8. The Bertz CT molecular complexity index is 639. The average Bonchev–Trinajstić information content (AvgIpc) is 3.04. The Labute approximate surface area is 116 Å². The summed E-state index contributed by atoms with van der Waals surface area (Å²) in [7, 11) is 1.81. The maximum atomic E-state index is 12.5. The highest BCUT2D eigenvalue weighted by Gasteiger charge is 2.32. The van der Waals surface area contributed by atoms with Crippen LogP contribution in [0.2, 0.25) is 0 Å². The Morgan fingerprint density at radius 1 is 1.55 bits per heavy atom. The lowest BCUT2D eigenvalue weighted by Crippen LogP contribution is -2.29. The number of hydrogen-bond donors (Lipinski definition) is 2. The fourth-order valence-corrected chi connectivity index (χ4v) is 2.42. The van der Waals surface area contributed by atoms with Crippen molar-refractivity contribution in [1.82, 2.24) is 30.3 Å². The molecule has 1 fully saturated rings. The molecule has 0 radical (unpaired) electrons. The third-order valence-electron chi connectivity index (χ3n) is 3.65. The van der Waals surface area contributed by atoms with Gasteiger partial charge in [-0.1, -0.05) is 0 Å². The van der Waals surface area contributed by atoms with Gasteiger partial charge in [-0.05, 0) is 26.7 Å². The van der Waals surface area contributed by atoms with E-state index in [1.165, 1.54) is 6.33 Å². The average molecular weight is 274 g/mol. The highest BCUT2D eigenvalue weighted by atomic mass is 16.1. The van der Waals surface area contributed by atoms with E-state index >= 15 is 0 Å². The summed E-state index contributed by atoms with van der Waals surface area (Å²) >= 11 is 0. The summed E-state index contributed by atoms with van der Waals surface area (Å²) in [4.78, 5) is 16.6. The minimum atomic E-state index is -0.198. The molecular formula is C13H18N6O. The van der Waals surface area contributed by atoms with E-state index in [1.807, 2.05) is 20.9 Å². The van der Waals surface area contributed by atoms with Gasteiger partial charge in [-0.15, -0.1) is 0 Å². The van der Waals surface area contributed by atoms with Gasteiger partial charge in [0.15, 0.2) is 0 Å². The first-order valence-corrected chi connectivity index (χ1v) is 6.77. The first-order chi connectivity index (χ1) is 9.58. The molecule has 0 bridgehead atoms. The van der Waals surface area contributed by atoms with Crippen molar-refractivity contribution < 1.29 is 4.79 Å². The van der Waals surface area contributed by atoms with Crippen LogP contribution in [0.5, 0.6) is 0 Å². The minimum Gasteiger partial charge on any atom is -0.342 e. The topological polar surface area (TPSA) is 88.5 Å². The van der Waals surface area contributed by atoms with Gasteiger partial charge in [-0.25, -0.2) is 4.98 Å². The van der Waals surface area contributed by atoms with Crippen molar-refractivity contribution in [2.45, 2.75) is 38.6 Å². The Kier molecular flexibility index (Phi) is 3.04. The Balaban J connectivity index is 1.80. The van der Waals surface area contributed by atoms with Crippen LogP contribution in [-0.4, -0.2) is 30.9 Å². The van der Waals surface area contributed by atoms with Gasteiger partial charge >= 0.3 is 0 Å². The molecule has 1 atom stereocenters. The van der Waals surface area contributed by atoms with Crippen molar-refractivity contribution in [2.24, 2.45) is 7.05 Å². The van der Waals surface area contributed by atoms with Crippen LogP contribution in [0, 0.1) is 6.92 Å². The molecule has 3 rings (SSSR count). The molecule has 0 aliphatic heterocycles. The normalized spacial score (nSPS) is 16.1. The Morgan fingerprint density at radius 2 is 2.30 bits per heavy atom. The van der Waals surface area contributed by atoms with Crippen LogP contribution in [0.15, 0.2) is 6.33 Å². The van der Waals surface area contributed by atoms with Crippen molar-refractivity contribution in [3.63, 3.8) is 0 Å². The lowest BCUT2D eigenvalue weighted by atomic mass is 10.1. The first kappa shape index (κ1) is 12.8.